The summed E-state index contributed by atoms with van der Waals surface area (Å²) < 4.78 is 87.4. The number of aromatic nitrogens is 3. The summed E-state index contributed by atoms with van der Waals surface area (Å²) in [4.78, 5) is 8.82. The number of benzene rings is 7. The third-order valence-corrected chi connectivity index (χ3v) is 11.4. The molecule has 0 amide bonds. The Hall–Kier alpha value is -7.64. The molecule has 3 heterocycles. The second kappa shape index (κ2) is 14.2. The zero-order valence-electron chi connectivity index (χ0n) is 33.1. The zero-order chi connectivity index (χ0) is 43.1. The molecule has 0 atom stereocenters. The molecule has 0 aliphatic carbocycles. The number of alkyl halides is 6. The Morgan fingerprint density at radius 1 is 0.468 bits per heavy atom. The van der Waals surface area contributed by atoms with Crippen molar-refractivity contribution in [1.82, 2.24) is 14.1 Å². The number of fused-ring (bicyclic) bond motifs is 6. The van der Waals surface area contributed by atoms with Gasteiger partial charge in [0, 0.05) is 27.1 Å². The van der Waals surface area contributed by atoms with Gasteiger partial charge < -0.3 is 4.57 Å². The topological polar surface area (TPSA) is 27.1 Å². The molecule has 0 aliphatic rings. The van der Waals surface area contributed by atoms with Gasteiger partial charge >= 0.3 is 12.4 Å². The zero-order valence-corrected chi connectivity index (χ0v) is 33.1. The SMILES string of the molecule is [C-]#[N+]c1cccc(-c2cc(-n3c4ccccc4c4cc(-c5cc(C)cc(C(F)(F)F)c5)ccc43)ncc2-n2c3ccccc3c3cc(-c4cc(C)cc(C(F)(F)F)c4)ccc32)c1. The Morgan fingerprint density at radius 2 is 0.984 bits per heavy atom. The lowest BCUT2D eigenvalue weighted by molar-refractivity contribution is -0.138. The van der Waals surface area contributed by atoms with Crippen LogP contribution in [0.2, 0.25) is 0 Å². The Balaban J connectivity index is 1.19. The largest absolute Gasteiger partial charge is 0.416 e. The minimum absolute atomic E-state index is 0.448. The van der Waals surface area contributed by atoms with Crippen molar-refractivity contribution in [3.63, 3.8) is 0 Å². The number of aryl methyl sites for hydroxylation is 2. The molecule has 10 rings (SSSR count). The maximum Gasteiger partial charge on any atom is 0.416 e. The molecular weight excluding hydrogens is 795 g/mol. The monoisotopic (exact) mass is 826 g/mol. The van der Waals surface area contributed by atoms with Crippen LogP contribution in [0.4, 0.5) is 32.0 Å². The maximum absolute atomic E-state index is 13.9. The first-order valence-electron chi connectivity index (χ1n) is 19.7. The minimum atomic E-state index is -4.49. The highest BCUT2D eigenvalue weighted by Gasteiger charge is 2.32. The quantitative estimate of drug-likeness (QED) is 0.125. The van der Waals surface area contributed by atoms with Crippen LogP contribution in [0.15, 0.2) is 158 Å². The van der Waals surface area contributed by atoms with Gasteiger partial charge in [-0.15, -0.1) is 0 Å². The van der Waals surface area contributed by atoms with Gasteiger partial charge in [-0.3, -0.25) is 4.57 Å². The van der Waals surface area contributed by atoms with Crippen molar-refractivity contribution in [3.8, 4) is 44.9 Å². The Labute approximate surface area is 351 Å². The van der Waals surface area contributed by atoms with Crippen molar-refractivity contribution in [2.75, 3.05) is 0 Å². The molecule has 0 saturated heterocycles. The normalized spacial score (nSPS) is 12.2. The van der Waals surface area contributed by atoms with Crippen molar-refractivity contribution < 1.29 is 26.3 Å². The summed E-state index contributed by atoms with van der Waals surface area (Å²) in [5.74, 6) is 0.578. The summed E-state index contributed by atoms with van der Waals surface area (Å²) >= 11 is 0. The van der Waals surface area contributed by atoms with E-state index >= 15 is 0 Å². The summed E-state index contributed by atoms with van der Waals surface area (Å²) in [5, 5.41) is 3.47. The Morgan fingerprint density at radius 3 is 1.53 bits per heavy atom. The molecule has 0 bridgehead atoms. The second-order valence-electron chi connectivity index (χ2n) is 15.6. The molecule has 0 spiro atoms. The van der Waals surface area contributed by atoms with Crippen molar-refractivity contribution in [1.29, 1.82) is 0 Å². The standard InChI is InChI=1S/C52H32F6N4/c1-30-19-35(23-37(21-30)51(53,54)55)32-15-17-47-43(26-32)40-11-4-6-13-45(40)61(47)49-29-60-50(28-42(49)34-9-8-10-39(25-34)59-3)62-46-14-7-5-12-41(46)44-27-33(16-18-48(44)62)36-20-31(2)22-38(24-36)52(56,57)58/h4-29H,1-2H3. The molecule has 0 fully saturated rings. The van der Waals surface area contributed by atoms with E-state index in [9.17, 15) is 26.3 Å². The predicted molar refractivity (Wildman–Crippen MR) is 235 cm³/mol. The van der Waals surface area contributed by atoms with E-state index in [0.717, 1.165) is 66.9 Å². The second-order valence-corrected chi connectivity index (χ2v) is 15.6. The number of halogens is 6. The van der Waals surface area contributed by atoms with Gasteiger partial charge in [0.15, 0.2) is 5.69 Å². The van der Waals surface area contributed by atoms with Crippen LogP contribution in [-0.4, -0.2) is 14.1 Å². The molecule has 62 heavy (non-hydrogen) atoms. The lowest BCUT2D eigenvalue weighted by Crippen LogP contribution is -2.05. The molecule has 0 radical (unpaired) electrons. The van der Waals surface area contributed by atoms with E-state index in [-0.39, 0.29) is 0 Å². The fourth-order valence-electron chi connectivity index (χ4n) is 8.75. The van der Waals surface area contributed by atoms with Crippen molar-refractivity contribution in [2.45, 2.75) is 26.2 Å². The van der Waals surface area contributed by atoms with Crippen molar-refractivity contribution >= 4 is 49.3 Å². The molecule has 7 aromatic carbocycles. The Bertz CT molecular complexity index is 3490. The lowest BCUT2D eigenvalue weighted by atomic mass is 9.98. The fourth-order valence-corrected chi connectivity index (χ4v) is 8.75. The van der Waals surface area contributed by atoms with E-state index in [4.69, 9.17) is 11.6 Å². The van der Waals surface area contributed by atoms with E-state index in [1.54, 1.807) is 38.2 Å². The molecule has 302 valence electrons. The Kier molecular flexibility index (Phi) is 8.85. The van der Waals surface area contributed by atoms with E-state index < -0.39 is 23.5 Å². The van der Waals surface area contributed by atoms with Crippen LogP contribution >= 0.6 is 0 Å². The van der Waals surface area contributed by atoms with Gasteiger partial charge in [-0.2, -0.15) is 26.3 Å². The molecule has 10 aromatic rings. The average Bonchev–Trinajstić information content (AvgIpc) is 3.77. The first kappa shape index (κ1) is 38.6. The van der Waals surface area contributed by atoms with Gasteiger partial charge in [-0.1, -0.05) is 78.9 Å². The highest BCUT2D eigenvalue weighted by molar-refractivity contribution is 6.12. The van der Waals surface area contributed by atoms with Crippen molar-refractivity contribution in [2.24, 2.45) is 0 Å². The van der Waals surface area contributed by atoms with Gasteiger partial charge in [-0.05, 0) is 126 Å². The third kappa shape index (κ3) is 6.54. The number of para-hydroxylation sites is 2. The summed E-state index contributed by atoms with van der Waals surface area (Å²) in [7, 11) is 0. The highest BCUT2D eigenvalue weighted by atomic mass is 19.4. The van der Waals surface area contributed by atoms with Crippen molar-refractivity contribution in [3.05, 3.63) is 192 Å². The molecule has 0 aliphatic heterocycles. The number of nitrogens with zero attached hydrogens (tertiary/aromatic N) is 4. The minimum Gasteiger partial charge on any atom is -0.307 e. The first-order valence-corrected chi connectivity index (χ1v) is 19.7. The van der Waals surface area contributed by atoms with Gasteiger partial charge in [0.2, 0.25) is 0 Å². The van der Waals surface area contributed by atoms with Gasteiger partial charge in [-0.25, -0.2) is 9.83 Å². The van der Waals surface area contributed by atoms with E-state index in [2.05, 4.69) is 9.41 Å². The molecule has 0 saturated carbocycles. The lowest BCUT2D eigenvalue weighted by Gasteiger charge is -2.17. The smallest absolute Gasteiger partial charge is 0.307 e. The molecular formula is C52H32F6N4. The number of pyridine rings is 1. The van der Waals surface area contributed by atoms with Crippen LogP contribution in [0.3, 0.4) is 0 Å². The fraction of sp³-hybridized carbons (Fsp3) is 0.0769. The summed E-state index contributed by atoms with van der Waals surface area (Å²) in [5.41, 5.74) is 7.81. The van der Waals surface area contributed by atoms with Crippen LogP contribution in [0.5, 0.6) is 0 Å². The first-order chi connectivity index (χ1) is 29.7. The number of rotatable bonds is 5. The van der Waals surface area contributed by atoms with Gasteiger partial charge in [0.25, 0.3) is 0 Å². The van der Waals surface area contributed by atoms with Crippen LogP contribution < -0.4 is 0 Å². The number of hydrogen-bond donors (Lipinski definition) is 0. The van der Waals surface area contributed by atoms with Crippen LogP contribution in [-0.2, 0) is 12.4 Å². The third-order valence-electron chi connectivity index (χ3n) is 11.4. The van der Waals surface area contributed by atoms with E-state index in [1.165, 1.54) is 12.1 Å². The number of hydrogen-bond acceptors (Lipinski definition) is 1. The van der Waals surface area contributed by atoms with Gasteiger partial charge in [0.1, 0.15) is 5.82 Å². The molecule has 3 aromatic heterocycles. The summed E-state index contributed by atoms with van der Waals surface area (Å²) in [6.07, 6.45) is -7.18. The molecule has 10 heteroatoms. The molecule has 0 unspecified atom stereocenters. The van der Waals surface area contributed by atoms with Crippen LogP contribution in [0.25, 0.3) is 93.3 Å². The highest BCUT2D eigenvalue weighted by Crippen LogP contribution is 2.42. The average molecular weight is 827 g/mol. The summed E-state index contributed by atoms with van der Waals surface area (Å²) in [6, 6.07) is 44.5. The van der Waals surface area contributed by atoms with E-state index in [0.29, 0.717) is 50.6 Å². The molecule has 0 N–H and O–H groups in total. The predicted octanol–water partition coefficient (Wildman–Crippen LogP) is 15.5. The summed E-state index contributed by atoms with van der Waals surface area (Å²) in [6.45, 7) is 11.1. The van der Waals surface area contributed by atoms with Crippen LogP contribution in [0, 0.1) is 20.4 Å². The maximum atomic E-state index is 13.9. The van der Waals surface area contributed by atoms with Crippen LogP contribution in [0.1, 0.15) is 22.3 Å². The molecule has 4 nitrogen and oxygen atoms in total. The van der Waals surface area contributed by atoms with E-state index in [1.807, 2.05) is 114 Å². The van der Waals surface area contributed by atoms with Gasteiger partial charge in [0.05, 0.1) is 51.7 Å².